The van der Waals surface area contributed by atoms with Gasteiger partial charge in [0.05, 0.1) is 36.3 Å². The van der Waals surface area contributed by atoms with Crippen molar-refractivity contribution in [1.29, 1.82) is 5.26 Å². The number of piperazine rings is 1. The number of nitriles is 1. The highest BCUT2D eigenvalue weighted by Crippen LogP contribution is 2.38. The van der Waals surface area contributed by atoms with Gasteiger partial charge in [-0.1, -0.05) is 0 Å². The average molecular weight is 561 g/mol. The highest BCUT2D eigenvalue weighted by atomic mass is 32.2. The molecule has 4 aromatic rings. The van der Waals surface area contributed by atoms with Crippen LogP contribution in [0.5, 0.6) is 0 Å². The van der Waals surface area contributed by atoms with Crippen LogP contribution in [0.2, 0.25) is 0 Å². The van der Waals surface area contributed by atoms with E-state index < -0.39 is 0 Å². The van der Waals surface area contributed by atoms with Crippen LogP contribution in [0.15, 0.2) is 48.0 Å². The first kappa shape index (κ1) is 26.1. The fourth-order valence-electron chi connectivity index (χ4n) is 5.29. The zero-order chi connectivity index (χ0) is 27.7. The van der Waals surface area contributed by atoms with E-state index in [2.05, 4.69) is 43.5 Å². The number of aryl methyl sites for hydroxylation is 1. The summed E-state index contributed by atoms with van der Waals surface area (Å²) in [6, 6.07) is 6.31. The van der Waals surface area contributed by atoms with Gasteiger partial charge in [0, 0.05) is 75.7 Å². The average Bonchev–Trinajstić information content (AvgIpc) is 3.69. The van der Waals surface area contributed by atoms with Gasteiger partial charge >= 0.3 is 0 Å². The minimum Gasteiger partial charge on any atom is -0.363 e. The SMILES string of the molecule is CSc1cnn(C2(CC#N)CN(c3cccn4nc(Nc5cnn(CCC(=O)N6CCN(C)CC6)c5)nc34)C2)c1. The monoisotopic (exact) mass is 560 g/mol. The summed E-state index contributed by atoms with van der Waals surface area (Å²) in [5.41, 5.74) is 2.07. The first-order valence-corrected chi connectivity index (χ1v) is 14.5. The van der Waals surface area contributed by atoms with Crippen molar-refractivity contribution in [1.82, 2.24) is 44.0 Å². The summed E-state index contributed by atoms with van der Waals surface area (Å²) in [7, 11) is 2.08. The fraction of sp³-hybridized carbons (Fsp3) is 0.462. The molecule has 2 saturated heterocycles. The Balaban J connectivity index is 1.11. The minimum absolute atomic E-state index is 0.162. The van der Waals surface area contributed by atoms with Crippen molar-refractivity contribution in [3.63, 3.8) is 0 Å². The molecule has 2 aliphatic heterocycles. The first-order chi connectivity index (χ1) is 19.5. The number of carbonyl (C=O) groups excluding carboxylic acids is 1. The lowest BCUT2D eigenvalue weighted by atomic mass is 9.86. The van der Waals surface area contributed by atoms with E-state index in [9.17, 15) is 10.1 Å². The smallest absolute Gasteiger partial charge is 0.247 e. The van der Waals surface area contributed by atoms with E-state index in [0.717, 1.165) is 48.1 Å². The number of nitrogens with zero attached hydrogens (tertiary/aromatic N) is 11. The van der Waals surface area contributed by atoms with Crippen molar-refractivity contribution >= 4 is 40.6 Å². The molecule has 0 saturated carbocycles. The highest BCUT2D eigenvalue weighted by Gasteiger charge is 2.46. The lowest BCUT2D eigenvalue weighted by Gasteiger charge is -2.50. The molecule has 2 aliphatic rings. The Morgan fingerprint density at radius 1 is 1.18 bits per heavy atom. The van der Waals surface area contributed by atoms with Gasteiger partial charge < -0.3 is 20.0 Å². The lowest BCUT2D eigenvalue weighted by molar-refractivity contribution is -0.133. The Hall–Kier alpha value is -4.09. The maximum absolute atomic E-state index is 12.6. The molecular formula is C26H32N12OS. The number of rotatable bonds is 9. The van der Waals surface area contributed by atoms with E-state index in [4.69, 9.17) is 4.98 Å². The van der Waals surface area contributed by atoms with Crippen LogP contribution < -0.4 is 10.2 Å². The third-order valence-electron chi connectivity index (χ3n) is 7.64. The number of hydrogen-bond donors (Lipinski definition) is 1. The third-order valence-corrected chi connectivity index (χ3v) is 8.32. The topological polar surface area (TPSA) is 128 Å². The molecule has 0 bridgehead atoms. The second-order valence-electron chi connectivity index (χ2n) is 10.4. The van der Waals surface area contributed by atoms with E-state index in [-0.39, 0.29) is 11.4 Å². The largest absolute Gasteiger partial charge is 0.363 e. The third kappa shape index (κ3) is 5.09. The molecule has 0 aliphatic carbocycles. The summed E-state index contributed by atoms with van der Waals surface area (Å²) < 4.78 is 5.46. The van der Waals surface area contributed by atoms with Crippen LogP contribution in [-0.2, 0) is 16.9 Å². The Labute approximate surface area is 236 Å². The number of pyridine rings is 1. The summed E-state index contributed by atoms with van der Waals surface area (Å²) in [5.74, 6) is 0.621. The van der Waals surface area contributed by atoms with Gasteiger partial charge in [0.2, 0.25) is 11.9 Å². The maximum Gasteiger partial charge on any atom is 0.247 e. The molecule has 1 amide bonds. The van der Waals surface area contributed by atoms with Gasteiger partial charge in [0.1, 0.15) is 5.54 Å². The van der Waals surface area contributed by atoms with E-state index in [1.54, 1.807) is 27.2 Å². The summed E-state index contributed by atoms with van der Waals surface area (Å²) in [6.07, 6.45) is 12.1. The summed E-state index contributed by atoms with van der Waals surface area (Å²) in [6.45, 7) is 5.22. The number of fused-ring (bicyclic) bond motifs is 1. The van der Waals surface area contributed by atoms with Crippen molar-refractivity contribution in [3.05, 3.63) is 43.1 Å². The van der Waals surface area contributed by atoms with Gasteiger partial charge in [-0.15, -0.1) is 16.9 Å². The van der Waals surface area contributed by atoms with Gasteiger partial charge in [-0.3, -0.25) is 14.2 Å². The van der Waals surface area contributed by atoms with Crippen molar-refractivity contribution in [3.8, 4) is 6.07 Å². The first-order valence-electron chi connectivity index (χ1n) is 13.3. The molecule has 6 rings (SSSR count). The Morgan fingerprint density at radius 3 is 2.75 bits per heavy atom. The number of amides is 1. The number of nitrogens with one attached hydrogen (secondary N) is 1. The molecule has 208 valence electrons. The molecule has 4 aromatic heterocycles. The predicted molar refractivity (Wildman–Crippen MR) is 152 cm³/mol. The minimum atomic E-state index is -0.364. The normalized spacial score (nSPS) is 17.1. The van der Waals surface area contributed by atoms with E-state index in [1.165, 1.54) is 0 Å². The molecule has 14 heteroatoms. The zero-order valence-corrected chi connectivity index (χ0v) is 23.5. The maximum atomic E-state index is 12.6. The molecular weight excluding hydrogens is 528 g/mol. The van der Waals surface area contributed by atoms with Crippen LogP contribution in [0, 0.1) is 11.3 Å². The van der Waals surface area contributed by atoms with Crippen LogP contribution in [0.4, 0.5) is 17.3 Å². The molecule has 0 atom stereocenters. The number of anilines is 3. The number of hydrogen-bond acceptors (Lipinski definition) is 10. The molecule has 40 heavy (non-hydrogen) atoms. The Bertz CT molecular complexity index is 1540. The zero-order valence-electron chi connectivity index (χ0n) is 22.6. The van der Waals surface area contributed by atoms with E-state index >= 15 is 0 Å². The van der Waals surface area contributed by atoms with Crippen LogP contribution in [0.25, 0.3) is 5.65 Å². The van der Waals surface area contributed by atoms with Crippen LogP contribution in [0.3, 0.4) is 0 Å². The van der Waals surface area contributed by atoms with Crippen LogP contribution >= 0.6 is 11.8 Å². The number of likely N-dealkylation sites (N-methyl/N-ethyl adjacent to an activating group) is 1. The van der Waals surface area contributed by atoms with Gasteiger partial charge in [0.15, 0.2) is 5.65 Å². The highest BCUT2D eigenvalue weighted by molar-refractivity contribution is 7.98. The molecule has 0 radical (unpaired) electrons. The second kappa shape index (κ2) is 10.8. The van der Waals surface area contributed by atoms with Gasteiger partial charge in [-0.2, -0.15) is 20.4 Å². The molecule has 2 fully saturated rings. The molecule has 6 heterocycles. The predicted octanol–water partition coefficient (Wildman–Crippen LogP) is 1.88. The molecule has 0 unspecified atom stereocenters. The quantitative estimate of drug-likeness (QED) is 0.303. The number of carbonyl (C=O) groups is 1. The Morgan fingerprint density at radius 2 is 2.00 bits per heavy atom. The van der Waals surface area contributed by atoms with E-state index in [0.29, 0.717) is 38.4 Å². The number of thioether (sulfide) groups is 1. The van der Waals surface area contributed by atoms with Crippen molar-refractivity contribution in [2.45, 2.75) is 29.8 Å². The van der Waals surface area contributed by atoms with Crippen molar-refractivity contribution in [2.24, 2.45) is 0 Å². The fourth-order valence-corrected chi connectivity index (χ4v) is 5.64. The van der Waals surface area contributed by atoms with Crippen LogP contribution in [-0.4, -0.2) is 102 Å². The van der Waals surface area contributed by atoms with E-state index in [1.807, 2.05) is 52.8 Å². The lowest BCUT2D eigenvalue weighted by Crippen LogP contribution is -2.63. The van der Waals surface area contributed by atoms with Crippen LogP contribution in [0.1, 0.15) is 12.8 Å². The number of aromatic nitrogens is 7. The van der Waals surface area contributed by atoms with Crippen molar-refractivity contribution in [2.75, 3.05) is 62.8 Å². The van der Waals surface area contributed by atoms with Gasteiger partial charge in [0.25, 0.3) is 0 Å². The summed E-state index contributed by atoms with van der Waals surface area (Å²) >= 11 is 1.64. The van der Waals surface area contributed by atoms with Gasteiger partial charge in [-0.05, 0) is 25.4 Å². The van der Waals surface area contributed by atoms with Gasteiger partial charge in [-0.25, -0.2) is 4.52 Å². The summed E-state index contributed by atoms with van der Waals surface area (Å²) in [5, 5.41) is 26.3. The van der Waals surface area contributed by atoms with Crippen molar-refractivity contribution < 1.29 is 4.79 Å². The summed E-state index contributed by atoms with van der Waals surface area (Å²) in [4.78, 5) is 24.8. The Kier molecular flexibility index (Phi) is 7.07. The molecule has 13 nitrogen and oxygen atoms in total. The second-order valence-corrected chi connectivity index (χ2v) is 11.3. The standard InChI is InChI=1S/C26H32N12OS/c1-33-10-12-34(13-11-33)23(39)5-9-36-16-20(14-28-36)30-25-31-24-22(4-3-8-37(24)32-25)35-18-26(19-35,6-7-27)38-17-21(40-2)15-29-38/h3-4,8,14-17H,5-6,9-13,18-19H2,1-2H3,(H,30,32). The molecule has 0 spiro atoms. The molecule has 0 aromatic carbocycles. The molecule has 1 N–H and O–H groups in total.